The molecule has 24 heavy (non-hydrogen) atoms. The maximum absolute atomic E-state index is 12.0. The number of ether oxygens (including phenoxy) is 1. The lowest BCUT2D eigenvalue weighted by Gasteiger charge is -2.16. The highest BCUT2D eigenvalue weighted by atomic mass is 35.5. The second kappa shape index (κ2) is 9.09. The Morgan fingerprint density at radius 1 is 1.00 bits per heavy atom. The summed E-state index contributed by atoms with van der Waals surface area (Å²) >= 11 is 23.3. The van der Waals surface area contributed by atoms with Crippen molar-refractivity contribution in [2.75, 3.05) is 6.61 Å². The molecule has 2 rings (SSSR count). The average molecular weight is 414 g/mol. The number of carbonyl (C=O) groups is 2. The molecule has 1 amide bonds. The molecule has 0 spiro atoms. The molecule has 132 valence electrons. The Morgan fingerprint density at radius 2 is 1.62 bits per heavy atom. The first-order valence-electron chi connectivity index (χ1n) is 7.56. The monoisotopic (exact) mass is 412 g/mol. The van der Waals surface area contributed by atoms with Crippen molar-refractivity contribution in [1.29, 1.82) is 0 Å². The molecule has 0 bridgehead atoms. The van der Waals surface area contributed by atoms with Crippen LogP contribution in [0.25, 0.3) is 0 Å². The third-order valence-electron chi connectivity index (χ3n) is 3.73. The van der Waals surface area contributed by atoms with E-state index in [1.165, 1.54) is 12.8 Å². The molecular formula is C15H16Cl4N2O3. The fourth-order valence-corrected chi connectivity index (χ4v) is 3.32. The van der Waals surface area contributed by atoms with Crippen LogP contribution in [0.5, 0.6) is 0 Å². The number of nitrogens with one attached hydrogen (secondary N) is 1. The summed E-state index contributed by atoms with van der Waals surface area (Å²) in [5, 5.41) is 2.40. The Balaban J connectivity index is 1.92. The lowest BCUT2D eigenvalue weighted by molar-refractivity contribution is -0.125. The minimum absolute atomic E-state index is 0.0500. The van der Waals surface area contributed by atoms with Gasteiger partial charge in [0.05, 0.1) is 15.1 Å². The molecule has 5 nitrogen and oxygen atoms in total. The highest BCUT2D eigenvalue weighted by Gasteiger charge is 2.22. The van der Waals surface area contributed by atoms with E-state index in [2.05, 4.69) is 10.3 Å². The van der Waals surface area contributed by atoms with Gasteiger partial charge >= 0.3 is 5.97 Å². The van der Waals surface area contributed by atoms with Gasteiger partial charge in [-0.1, -0.05) is 72.1 Å². The zero-order valence-corrected chi connectivity index (χ0v) is 15.7. The van der Waals surface area contributed by atoms with E-state index >= 15 is 0 Å². The fraction of sp³-hybridized carbons (Fsp3) is 0.533. The Morgan fingerprint density at radius 3 is 2.25 bits per heavy atom. The van der Waals surface area contributed by atoms with Crippen LogP contribution in [0.3, 0.4) is 0 Å². The zero-order valence-electron chi connectivity index (χ0n) is 12.7. The number of halogens is 4. The van der Waals surface area contributed by atoms with Gasteiger partial charge in [-0.25, -0.2) is 9.78 Å². The number of aromatic nitrogens is 1. The fourth-order valence-electron chi connectivity index (χ4n) is 2.51. The second-order valence-electron chi connectivity index (χ2n) is 5.53. The van der Waals surface area contributed by atoms with Crippen molar-refractivity contribution in [1.82, 2.24) is 10.3 Å². The number of esters is 1. The highest BCUT2D eigenvalue weighted by molar-refractivity contribution is 6.52. The van der Waals surface area contributed by atoms with Crippen LogP contribution in [0.4, 0.5) is 0 Å². The van der Waals surface area contributed by atoms with E-state index < -0.39 is 12.6 Å². The van der Waals surface area contributed by atoms with E-state index in [0.717, 1.165) is 25.7 Å². The third-order valence-corrected chi connectivity index (χ3v) is 5.41. The van der Waals surface area contributed by atoms with E-state index in [1.54, 1.807) is 0 Å². The number of hydrogen-bond donors (Lipinski definition) is 1. The quantitative estimate of drug-likeness (QED) is 0.441. The lowest BCUT2D eigenvalue weighted by atomic mass is 10.1. The first-order valence-corrected chi connectivity index (χ1v) is 9.07. The summed E-state index contributed by atoms with van der Waals surface area (Å²) in [5.41, 5.74) is -0.279. The summed E-state index contributed by atoms with van der Waals surface area (Å²) < 4.78 is 4.94. The van der Waals surface area contributed by atoms with Crippen LogP contribution in [0.1, 0.15) is 49.0 Å². The van der Waals surface area contributed by atoms with Gasteiger partial charge in [-0.2, -0.15) is 0 Å². The van der Waals surface area contributed by atoms with Crippen LogP contribution in [-0.4, -0.2) is 29.5 Å². The maximum Gasteiger partial charge on any atom is 0.359 e. The van der Waals surface area contributed by atoms with Crippen molar-refractivity contribution in [2.45, 2.75) is 44.6 Å². The van der Waals surface area contributed by atoms with Gasteiger partial charge in [0.15, 0.2) is 12.3 Å². The van der Waals surface area contributed by atoms with Crippen molar-refractivity contribution in [2.24, 2.45) is 0 Å². The van der Waals surface area contributed by atoms with Gasteiger partial charge in [-0.15, -0.1) is 0 Å². The standard InChI is InChI=1S/C15H16Cl4N2O3/c16-10-11(17)13(21-14(19)12(10)18)15(23)24-7-9(22)20-8-5-3-1-2-4-6-8/h8H,1-7H2,(H,20,22). The van der Waals surface area contributed by atoms with Crippen molar-refractivity contribution in [3.05, 3.63) is 25.9 Å². The summed E-state index contributed by atoms with van der Waals surface area (Å²) in [4.78, 5) is 27.7. The van der Waals surface area contributed by atoms with E-state index in [-0.39, 0.29) is 37.9 Å². The largest absolute Gasteiger partial charge is 0.451 e. The summed E-state index contributed by atoms with van der Waals surface area (Å²) in [6, 6.07) is 0.125. The molecule has 0 radical (unpaired) electrons. The lowest BCUT2D eigenvalue weighted by Crippen LogP contribution is -2.37. The molecule has 1 aromatic rings. The number of hydrogen-bond acceptors (Lipinski definition) is 4. The number of nitrogens with zero attached hydrogens (tertiary/aromatic N) is 1. The van der Waals surface area contributed by atoms with Crippen LogP contribution in [0, 0.1) is 0 Å². The molecule has 1 fully saturated rings. The topological polar surface area (TPSA) is 68.3 Å². The van der Waals surface area contributed by atoms with Crippen molar-refractivity contribution in [3.8, 4) is 0 Å². The first kappa shape index (κ1) is 19.6. The minimum Gasteiger partial charge on any atom is -0.451 e. The van der Waals surface area contributed by atoms with Crippen molar-refractivity contribution >= 4 is 58.3 Å². The van der Waals surface area contributed by atoms with Crippen molar-refractivity contribution in [3.63, 3.8) is 0 Å². The smallest absolute Gasteiger partial charge is 0.359 e. The normalized spacial score (nSPS) is 15.7. The van der Waals surface area contributed by atoms with Gasteiger partial charge in [-0.05, 0) is 12.8 Å². The highest BCUT2D eigenvalue weighted by Crippen LogP contribution is 2.36. The van der Waals surface area contributed by atoms with Gasteiger partial charge in [-0.3, -0.25) is 4.79 Å². The SMILES string of the molecule is O=C(COC(=O)c1nc(Cl)c(Cl)c(Cl)c1Cl)NC1CCCCCC1. The molecule has 1 N–H and O–H groups in total. The number of carbonyl (C=O) groups excluding carboxylic acids is 2. The van der Waals surface area contributed by atoms with Crippen LogP contribution < -0.4 is 5.32 Å². The van der Waals surface area contributed by atoms with Gasteiger partial charge < -0.3 is 10.1 Å². The predicted molar refractivity (Wildman–Crippen MR) is 94.2 cm³/mol. The van der Waals surface area contributed by atoms with Crippen molar-refractivity contribution < 1.29 is 14.3 Å². The summed E-state index contributed by atoms with van der Waals surface area (Å²) in [6.45, 7) is -0.425. The van der Waals surface area contributed by atoms with Gasteiger partial charge in [0, 0.05) is 6.04 Å². The second-order valence-corrected chi connectivity index (χ2v) is 7.02. The molecule has 0 unspecified atom stereocenters. The molecule has 1 aliphatic rings. The third kappa shape index (κ3) is 5.12. The molecule has 0 atom stereocenters. The molecular weight excluding hydrogens is 398 g/mol. The molecule has 9 heteroatoms. The predicted octanol–water partition coefficient (Wildman–Crippen LogP) is 4.69. The van der Waals surface area contributed by atoms with Crippen LogP contribution in [0.2, 0.25) is 20.2 Å². The Labute approximate surface area is 159 Å². The maximum atomic E-state index is 12.0. The molecule has 1 saturated carbocycles. The minimum atomic E-state index is -0.892. The summed E-state index contributed by atoms with van der Waals surface area (Å²) in [6.07, 6.45) is 6.43. The van der Waals surface area contributed by atoms with Gasteiger partial charge in [0.2, 0.25) is 0 Å². The van der Waals surface area contributed by atoms with Gasteiger partial charge in [0.25, 0.3) is 5.91 Å². The molecule has 1 aliphatic carbocycles. The summed E-state index contributed by atoms with van der Waals surface area (Å²) in [7, 11) is 0. The van der Waals surface area contributed by atoms with Crippen LogP contribution >= 0.6 is 46.4 Å². The molecule has 1 aromatic heterocycles. The summed E-state index contributed by atoms with van der Waals surface area (Å²) in [5.74, 6) is -1.26. The van der Waals surface area contributed by atoms with E-state index in [1.807, 2.05) is 0 Å². The number of pyridine rings is 1. The Hall–Kier alpha value is -0.750. The number of rotatable bonds is 4. The first-order chi connectivity index (χ1) is 11.4. The van der Waals surface area contributed by atoms with Gasteiger partial charge in [0.1, 0.15) is 5.15 Å². The van der Waals surface area contributed by atoms with Crippen LogP contribution in [-0.2, 0) is 9.53 Å². The Kier molecular flexibility index (Phi) is 7.41. The van der Waals surface area contributed by atoms with E-state index in [9.17, 15) is 9.59 Å². The van der Waals surface area contributed by atoms with E-state index in [4.69, 9.17) is 51.1 Å². The number of amides is 1. The Bertz CT molecular complexity index is 632. The van der Waals surface area contributed by atoms with E-state index in [0.29, 0.717) is 0 Å². The zero-order chi connectivity index (χ0) is 17.7. The molecule has 1 heterocycles. The molecule has 0 aromatic carbocycles. The van der Waals surface area contributed by atoms with Crippen LogP contribution in [0.15, 0.2) is 0 Å². The molecule has 0 saturated heterocycles. The molecule has 0 aliphatic heterocycles. The average Bonchev–Trinajstić information content (AvgIpc) is 2.82.